The first-order valence-corrected chi connectivity index (χ1v) is 23.5. The van der Waals surface area contributed by atoms with Gasteiger partial charge in [-0.15, -0.1) is 5.10 Å². The maximum Gasteiger partial charge on any atom is 0.418 e. The SMILES string of the molecule is Cc1nc([C@@H]2O[C@H](CO)[C@H](O)[C@H](n3cc(-c4cc(F)c(Cl)c(F)c4)nn3)[C@H]2OCC(=O)NCCOCCOCCNC(=O)c2ccc3c(c2)C(=O)N(C2CCC(=O)NC2=O)C3=O)n(-c2cc(Cl)ccc2C(F)(F)F)n1. The van der Waals surface area contributed by atoms with Gasteiger partial charge in [0, 0.05) is 35.7 Å². The van der Waals surface area contributed by atoms with Crippen LogP contribution >= 0.6 is 23.2 Å². The van der Waals surface area contributed by atoms with Gasteiger partial charge in [0.1, 0.15) is 71.3 Å². The third kappa shape index (κ3) is 11.8. The Hall–Kier alpha value is -6.85. The molecular weight excluding hydrogens is 1050 g/mol. The molecule has 0 bridgehead atoms. The van der Waals surface area contributed by atoms with Gasteiger partial charge in [-0.05, 0) is 61.9 Å². The molecule has 6 amide bonds. The summed E-state index contributed by atoms with van der Waals surface area (Å²) in [5, 5.41) is 40.7. The Bertz CT molecular complexity index is 3010. The van der Waals surface area contributed by atoms with E-state index >= 15 is 0 Å². The van der Waals surface area contributed by atoms with Gasteiger partial charge >= 0.3 is 6.18 Å². The number of piperidine rings is 1. The molecule has 22 nitrogen and oxygen atoms in total. The number of fused-ring (bicyclic) bond motifs is 1. The van der Waals surface area contributed by atoms with Crippen molar-refractivity contribution in [3.63, 3.8) is 0 Å². The van der Waals surface area contributed by atoms with E-state index in [9.17, 15) is 60.9 Å². The number of halogens is 7. The summed E-state index contributed by atoms with van der Waals surface area (Å²) in [7, 11) is 0. The fraction of sp³-hybridized carbons (Fsp3) is 0.391. The number of rotatable bonds is 19. The smallest absolute Gasteiger partial charge is 0.394 e. The summed E-state index contributed by atoms with van der Waals surface area (Å²) in [5.74, 6) is -6.69. The fourth-order valence-electron chi connectivity index (χ4n) is 8.52. The minimum absolute atomic E-state index is 0.0170. The lowest BCUT2D eigenvalue weighted by Crippen LogP contribution is -2.54. The number of aromatic nitrogens is 6. The average Bonchev–Trinajstić information content (AvgIpc) is 4.08. The quantitative estimate of drug-likeness (QED) is 0.0344. The van der Waals surface area contributed by atoms with E-state index < -0.39 is 119 Å². The molecule has 8 rings (SSSR count). The fourth-order valence-corrected chi connectivity index (χ4v) is 8.80. The van der Waals surface area contributed by atoms with Gasteiger partial charge in [-0.25, -0.2) is 23.1 Å². The molecule has 0 radical (unpaired) electrons. The molecule has 5 N–H and O–H groups in total. The van der Waals surface area contributed by atoms with Crippen LogP contribution in [0.5, 0.6) is 0 Å². The van der Waals surface area contributed by atoms with Crippen molar-refractivity contribution in [1.29, 1.82) is 0 Å². The number of ether oxygens (including phenoxy) is 4. The molecule has 75 heavy (non-hydrogen) atoms. The first-order chi connectivity index (χ1) is 35.7. The number of benzene rings is 3. The number of hydrogen-bond donors (Lipinski definition) is 5. The second kappa shape index (κ2) is 23.0. The first kappa shape index (κ1) is 54.4. The van der Waals surface area contributed by atoms with E-state index in [1.54, 1.807) is 0 Å². The zero-order valence-corrected chi connectivity index (χ0v) is 40.5. The lowest BCUT2D eigenvalue weighted by Gasteiger charge is -2.43. The van der Waals surface area contributed by atoms with E-state index in [2.05, 4.69) is 36.3 Å². The molecule has 0 aliphatic carbocycles. The Labute approximate surface area is 430 Å². The molecule has 6 atom stereocenters. The van der Waals surface area contributed by atoms with Crippen LogP contribution in [0.4, 0.5) is 22.0 Å². The number of aliphatic hydroxyl groups is 2. The molecular formula is C46H43Cl2F5N10O12. The lowest BCUT2D eigenvalue weighted by molar-refractivity contribution is -0.223. The van der Waals surface area contributed by atoms with Crippen LogP contribution in [0.1, 0.15) is 73.3 Å². The molecule has 2 fully saturated rings. The molecule has 2 saturated heterocycles. The van der Waals surface area contributed by atoms with Crippen LogP contribution in [-0.2, 0) is 39.5 Å². The zero-order valence-electron chi connectivity index (χ0n) is 39.0. The highest BCUT2D eigenvalue weighted by molar-refractivity contribution is 6.31. The van der Waals surface area contributed by atoms with Crippen molar-refractivity contribution >= 4 is 58.6 Å². The number of imide groups is 2. The van der Waals surface area contributed by atoms with Gasteiger partial charge in [0.2, 0.25) is 17.7 Å². The molecule has 0 spiro atoms. The minimum Gasteiger partial charge on any atom is -0.394 e. The molecule has 1 unspecified atom stereocenters. The van der Waals surface area contributed by atoms with Crippen LogP contribution in [-0.4, -0.2) is 157 Å². The Morgan fingerprint density at radius 1 is 0.933 bits per heavy atom. The predicted molar refractivity (Wildman–Crippen MR) is 246 cm³/mol. The van der Waals surface area contributed by atoms with E-state index in [4.69, 9.17) is 42.1 Å². The van der Waals surface area contributed by atoms with Crippen LogP contribution < -0.4 is 16.0 Å². The van der Waals surface area contributed by atoms with Crippen molar-refractivity contribution < 1.29 is 79.9 Å². The van der Waals surface area contributed by atoms with Crippen LogP contribution in [0, 0.1) is 18.6 Å². The number of amides is 6. The third-order valence-electron chi connectivity index (χ3n) is 12.0. The topological polar surface area (TPSA) is 281 Å². The number of hydrogen-bond acceptors (Lipinski definition) is 16. The highest BCUT2D eigenvalue weighted by Crippen LogP contribution is 2.42. The molecule has 5 aromatic rings. The highest BCUT2D eigenvalue weighted by atomic mass is 35.5. The molecule has 2 aromatic heterocycles. The average molecular weight is 1090 g/mol. The maximum absolute atomic E-state index is 14.5. The number of nitrogens with one attached hydrogen (secondary N) is 3. The van der Waals surface area contributed by atoms with Crippen molar-refractivity contribution in [3.8, 4) is 16.9 Å². The number of carbonyl (C=O) groups is 6. The van der Waals surface area contributed by atoms with Crippen LogP contribution in [0.3, 0.4) is 0 Å². The van der Waals surface area contributed by atoms with E-state index in [-0.39, 0.29) is 97.0 Å². The largest absolute Gasteiger partial charge is 0.418 e. The minimum atomic E-state index is -4.92. The van der Waals surface area contributed by atoms with Gasteiger partial charge in [0.15, 0.2) is 5.82 Å². The Morgan fingerprint density at radius 2 is 1.63 bits per heavy atom. The van der Waals surface area contributed by atoms with Crippen molar-refractivity contribution in [2.45, 2.75) is 62.4 Å². The van der Waals surface area contributed by atoms with E-state index in [0.717, 1.165) is 44.6 Å². The Kier molecular flexibility index (Phi) is 16.7. The Balaban J connectivity index is 0.867. The summed E-state index contributed by atoms with van der Waals surface area (Å²) in [5.41, 5.74) is -1.96. The number of aliphatic hydroxyl groups excluding tert-OH is 2. The van der Waals surface area contributed by atoms with Crippen molar-refractivity contribution in [3.05, 3.63) is 110 Å². The van der Waals surface area contributed by atoms with Crippen LogP contribution in [0.2, 0.25) is 10.0 Å². The molecule has 3 aliphatic heterocycles. The summed E-state index contributed by atoms with van der Waals surface area (Å²) >= 11 is 11.8. The molecule has 5 heterocycles. The second-order valence-corrected chi connectivity index (χ2v) is 17.8. The standard InChI is InChI=1S/C46H43Cl2F5N10O12/c1-21-56-41(63(59-21)32-17-24(47)3-5-27(32)46(51,52)53)40-39(37(38(67)33(19-64)75-40)61-18-30(58-60-61)23-15-28(49)36(48)29(50)16-23)74-20-35(66)54-8-10-72-12-13-73-11-9-55-42(68)22-2-4-25-26(14-22)45(71)62(44(25)70)31-6-7-34(65)57-43(31)69/h2-5,14-18,31,33,37-40,64,67H,6-13,19-20H2,1H3,(H,54,66)(H,55,68)(H,57,65,69)/t31?,33-,37+,38+,39-,40-/m1/s1. The molecule has 398 valence electrons. The van der Waals surface area contributed by atoms with Crippen LogP contribution in [0.15, 0.2) is 54.7 Å². The highest BCUT2D eigenvalue weighted by Gasteiger charge is 2.51. The second-order valence-electron chi connectivity index (χ2n) is 17.0. The summed E-state index contributed by atoms with van der Waals surface area (Å²) in [6, 6.07) is 5.78. The van der Waals surface area contributed by atoms with Gasteiger partial charge in [-0.1, -0.05) is 28.4 Å². The number of nitrogens with zero attached hydrogens (tertiary/aromatic N) is 7. The van der Waals surface area contributed by atoms with Crippen molar-refractivity contribution in [2.75, 3.05) is 52.7 Å². The van der Waals surface area contributed by atoms with Crippen LogP contribution in [0.25, 0.3) is 16.9 Å². The van der Waals surface area contributed by atoms with Gasteiger partial charge in [0.05, 0.1) is 61.6 Å². The van der Waals surface area contributed by atoms with Crippen molar-refractivity contribution in [1.82, 2.24) is 50.6 Å². The molecule has 3 aromatic carbocycles. The number of aryl methyl sites for hydroxylation is 1. The summed E-state index contributed by atoms with van der Waals surface area (Å²) in [6.45, 7) is -0.158. The van der Waals surface area contributed by atoms with Gasteiger partial charge in [-0.2, -0.15) is 18.3 Å². The summed E-state index contributed by atoms with van der Waals surface area (Å²) in [6.07, 6.45) is -10.3. The van der Waals surface area contributed by atoms with Gasteiger partial charge < -0.3 is 39.8 Å². The zero-order chi connectivity index (χ0) is 53.9. The molecule has 0 saturated carbocycles. The number of alkyl halides is 3. The first-order valence-electron chi connectivity index (χ1n) is 22.7. The predicted octanol–water partition coefficient (Wildman–Crippen LogP) is 2.84. The Morgan fingerprint density at radius 3 is 2.31 bits per heavy atom. The normalized spacial score (nSPS) is 20.9. The van der Waals surface area contributed by atoms with E-state index in [1.165, 1.54) is 31.3 Å². The number of carbonyl (C=O) groups excluding carboxylic acids is 6. The lowest BCUT2D eigenvalue weighted by atomic mass is 9.91. The van der Waals surface area contributed by atoms with Gasteiger partial charge in [-0.3, -0.25) is 39.0 Å². The van der Waals surface area contributed by atoms with Crippen molar-refractivity contribution in [2.24, 2.45) is 0 Å². The molecule has 3 aliphatic rings. The van der Waals surface area contributed by atoms with E-state index in [0.29, 0.717) is 0 Å². The maximum atomic E-state index is 14.5. The monoisotopic (exact) mass is 1090 g/mol. The third-order valence-corrected chi connectivity index (χ3v) is 12.6. The molecule has 29 heteroatoms. The van der Waals surface area contributed by atoms with Gasteiger partial charge in [0.25, 0.3) is 17.7 Å². The van der Waals surface area contributed by atoms with E-state index in [1.807, 2.05) is 0 Å². The summed E-state index contributed by atoms with van der Waals surface area (Å²) in [4.78, 5) is 81.2. The summed E-state index contributed by atoms with van der Waals surface area (Å²) < 4.78 is 97.2.